The van der Waals surface area contributed by atoms with Crippen LogP contribution in [-0.2, 0) is 16.0 Å². The second-order valence-electron chi connectivity index (χ2n) is 6.38. The van der Waals surface area contributed by atoms with Crippen molar-refractivity contribution in [2.75, 3.05) is 18.5 Å². The lowest BCUT2D eigenvalue weighted by Gasteiger charge is -2.18. The number of H-pyrrole nitrogens is 1. The Bertz CT molecular complexity index is 893. The molecule has 0 bridgehead atoms. The van der Waals surface area contributed by atoms with Crippen molar-refractivity contribution < 1.29 is 13.9 Å². The van der Waals surface area contributed by atoms with E-state index in [0.717, 1.165) is 54.1 Å². The zero-order valence-corrected chi connectivity index (χ0v) is 14.0. The Morgan fingerprint density at radius 2 is 2.20 bits per heavy atom. The van der Waals surface area contributed by atoms with Crippen LogP contribution in [0, 0.1) is 6.92 Å². The highest BCUT2D eigenvalue weighted by molar-refractivity contribution is 5.94. The fourth-order valence-corrected chi connectivity index (χ4v) is 3.12. The Kier molecular flexibility index (Phi) is 4.23. The Labute approximate surface area is 144 Å². The van der Waals surface area contributed by atoms with Gasteiger partial charge in [-0.25, -0.2) is 4.98 Å². The number of aromatic amines is 1. The topological polar surface area (TPSA) is 93.0 Å². The molecular formula is C18H20N4O3. The minimum atomic E-state index is -0.129. The number of hydrogen-bond acceptors (Lipinski definition) is 5. The molecule has 3 heterocycles. The van der Waals surface area contributed by atoms with Crippen molar-refractivity contribution in [2.24, 2.45) is 0 Å². The highest BCUT2D eigenvalue weighted by atomic mass is 16.5. The van der Waals surface area contributed by atoms with Crippen molar-refractivity contribution in [2.45, 2.75) is 32.1 Å². The number of nitrogens with zero attached hydrogens (tertiary/aromatic N) is 2. The van der Waals surface area contributed by atoms with Crippen molar-refractivity contribution in [3.05, 3.63) is 41.7 Å². The van der Waals surface area contributed by atoms with E-state index in [-0.39, 0.29) is 12.3 Å². The molecule has 2 N–H and O–H groups in total. The number of furan rings is 1. The number of benzene rings is 1. The van der Waals surface area contributed by atoms with E-state index >= 15 is 0 Å². The van der Waals surface area contributed by atoms with Crippen LogP contribution in [-0.4, -0.2) is 34.3 Å². The van der Waals surface area contributed by atoms with Crippen molar-refractivity contribution in [1.29, 1.82) is 0 Å². The molecule has 1 fully saturated rings. The zero-order valence-electron chi connectivity index (χ0n) is 14.0. The van der Waals surface area contributed by atoms with Crippen LogP contribution in [0.1, 0.15) is 36.0 Å². The lowest BCUT2D eigenvalue weighted by molar-refractivity contribution is -0.115. The highest BCUT2D eigenvalue weighted by Gasteiger charge is 2.20. The summed E-state index contributed by atoms with van der Waals surface area (Å²) >= 11 is 0. The lowest BCUT2D eigenvalue weighted by atomic mass is 10.00. The van der Waals surface area contributed by atoms with Gasteiger partial charge in [-0.15, -0.1) is 0 Å². The van der Waals surface area contributed by atoms with E-state index in [0.29, 0.717) is 11.7 Å². The van der Waals surface area contributed by atoms with Crippen LogP contribution >= 0.6 is 0 Å². The molecule has 1 amide bonds. The van der Waals surface area contributed by atoms with Crippen LogP contribution in [0.15, 0.2) is 28.9 Å². The van der Waals surface area contributed by atoms with Gasteiger partial charge in [-0.2, -0.15) is 5.10 Å². The van der Waals surface area contributed by atoms with Crippen LogP contribution in [0.4, 0.5) is 5.69 Å². The Hall–Kier alpha value is -2.67. The van der Waals surface area contributed by atoms with Gasteiger partial charge in [0.15, 0.2) is 5.82 Å². The van der Waals surface area contributed by atoms with Crippen molar-refractivity contribution in [1.82, 2.24) is 15.2 Å². The summed E-state index contributed by atoms with van der Waals surface area (Å²) in [4.78, 5) is 16.8. The van der Waals surface area contributed by atoms with Crippen molar-refractivity contribution in [3.8, 4) is 0 Å². The predicted octanol–water partition coefficient (Wildman–Crippen LogP) is 2.93. The molecular weight excluding hydrogens is 320 g/mol. The number of anilines is 1. The van der Waals surface area contributed by atoms with Crippen LogP contribution in [0.2, 0.25) is 0 Å². The predicted molar refractivity (Wildman–Crippen MR) is 92.5 cm³/mol. The molecule has 7 heteroatoms. The second kappa shape index (κ2) is 6.68. The number of ether oxygens (including phenoxy) is 1. The molecule has 25 heavy (non-hydrogen) atoms. The molecule has 130 valence electrons. The first-order valence-electron chi connectivity index (χ1n) is 8.45. The number of carbonyl (C=O) groups excluding carboxylic acids is 1. The number of hydrogen-bond donors (Lipinski definition) is 2. The zero-order chi connectivity index (χ0) is 17.2. The fourth-order valence-electron chi connectivity index (χ4n) is 3.12. The summed E-state index contributed by atoms with van der Waals surface area (Å²) in [7, 11) is 0. The smallest absolute Gasteiger partial charge is 0.232 e. The van der Waals surface area contributed by atoms with Gasteiger partial charge in [0.1, 0.15) is 11.4 Å². The second-order valence-corrected chi connectivity index (χ2v) is 6.38. The van der Waals surface area contributed by atoms with Gasteiger partial charge in [0, 0.05) is 30.2 Å². The van der Waals surface area contributed by atoms with Gasteiger partial charge in [0.25, 0.3) is 0 Å². The average molecular weight is 340 g/mol. The molecule has 2 aromatic heterocycles. The molecule has 0 spiro atoms. The maximum atomic E-state index is 12.3. The third-order valence-electron chi connectivity index (χ3n) is 4.51. The Balaban J connectivity index is 1.41. The molecule has 0 saturated carbocycles. The van der Waals surface area contributed by atoms with Crippen LogP contribution in [0.5, 0.6) is 0 Å². The Morgan fingerprint density at radius 3 is 3.04 bits per heavy atom. The first kappa shape index (κ1) is 15.8. The molecule has 0 aliphatic carbocycles. The van der Waals surface area contributed by atoms with Gasteiger partial charge in [0.05, 0.1) is 12.7 Å². The number of rotatable bonds is 4. The quantitative estimate of drug-likeness (QED) is 0.762. The van der Waals surface area contributed by atoms with Crippen LogP contribution in [0.25, 0.3) is 11.0 Å². The SMILES string of the molecule is Cc1coc2ccc(NC(=O)Cc3nc(C4CCOCC4)n[nH]3)cc12. The number of nitrogens with one attached hydrogen (secondary N) is 2. The number of aromatic nitrogens is 3. The third kappa shape index (κ3) is 3.41. The summed E-state index contributed by atoms with van der Waals surface area (Å²) < 4.78 is 10.8. The molecule has 0 radical (unpaired) electrons. The molecule has 1 aliphatic rings. The molecule has 3 aromatic rings. The van der Waals surface area contributed by atoms with E-state index in [1.165, 1.54) is 0 Å². The molecule has 0 atom stereocenters. The van der Waals surface area contributed by atoms with E-state index in [9.17, 15) is 4.79 Å². The molecule has 7 nitrogen and oxygen atoms in total. The number of carbonyl (C=O) groups is 1. The molecule has 1 saturated heterocycles. The standard InChI is InChI=1S/C18H20N4O3/c1-11-10-25-15-3-2-13(8-14(11)15)19-17(23)9-16-20-18(22-21-16)12-4-6-24-7-5-12/h2-3,8,10,12H,4-7,9H2,1H3,(H,19,23)(H,20,21,22). The number of fused-ring (bicyclic) bond motifs is 1. The van der Waals surface area contributed by atoms with E-state index in [4.69, 9.17) is 9.15 Å². The minimum Gasteiger partial charge on any atom is -0.464 e. The lowest BCUT2D eigenvalue weighted by Crippen LogP contribution is -2.16. The van der Waals surface area contributed by atoms with Gasteiger partial charge in [-0.1, -0.05) is 0 Å². The van der Waals surface area contributed by atoms with Gasteiger partial charge in [-0.05, 0) is 43.5 Å². The number of aryl methyl sites for hydroxylation is 1. The van der Waals surface area contributed by atoms with Crippen molar-refractivity contribution in [3.63, 3.8) is 0 Å². The van der Waals surface area contributed by atoms with E-state index in [1.807, 2.05) is 25.1 Å². The monoisotopic (exact) mass is 340 g/mol. The highest BCUT2D eigenvalue weighted by Crippen LogP contribution is 2.25. The van der Waals surface area contributed by atoms with Crippen molar-refractivity contribution >= 4 is 22.6 Å². The number of amides is 1. The average Bonchev–Trinajstić information content (AvgIpc) is 3.23. The summed E-state index contributed by atoms with van der Waals surface area (Å²) in [6.45, 7) is 3.46. The summed E-state index contributed by atoms with van der Waals surface area (Å²) in [5.41, 5.74) is 2.60. The first-order valence-corrected chi connectivity index (χ1v) is 8.45. The van der Waals surface area contributed by atoms with Gasteiger partial charge in [-0.3, -0.25) is 9.89 Å². The Morgan fingerprint density at radius 1 is 1.36 bits per heavy atom. The molecule has 1 aliphatic heterocycles. The molecule has 1 aromatic carbocycles. The maximum Gasteiger partial charge on any atom is 0.232 e. The summed E-state index contributed by atoms with van der Waals surface area (Å²) in [6, 6.07) is 5.60. The fraction of sp³-hybridized carbons (Fsp3) is 0.389. The normalized spacial score (nSPS) is 15.6. The summed E-state index contributed by atoms with van der Waals surface area (Å²) in [5.74, 6) is 1.55. The summed E-state index contributed by atoms with van der Waals surface area (Å²) in [6.07, 6.45) is 3.72. The minimum absolute atomic E-state index is 0.129. The van der Waals surface area contributed by atoms with E-state index < -0.39 is 0 Å². The van der Waals surface area contributed by atoms with Crippen LogP contribution < -0.4 is 5.32 Å². The third-order valence-corrected chi connectivity index (χ3v) is 4.51. The van der Waals surface area contributed by atoms with E-state index in [1.54, 1.807) is 6.26 Å². The molecule has 4 rings (SSSR count). The van der Waals surface area contributed by atoms with E-state index in [2.05, 4.69) is 20.5 Å². The molecule has 0 unspecified atom stereocenters. The van der Waals surface area contributed by atoms with Gasteiger partial charge >= 0.3 is 0 Å². The maximum absolute atomic E-state index is 12.3. The summed E-state index contributed by atoms with van der Waals surface area (Å²) in [5, 5.41) is 11.0. The van der Waals surface area contributed by atoms with Crippen LogP contribution in [0.3, 0.4) is 0 Å². The largest absolute Gasteiger partial charge is 0.464 e. The van der Waals surface area contributed by atoms with Gasteiger partial charge < -0.3 is 14.5 Å². The first-order chi connectivity index (χ1) is 12.2. The van der Waals surface area contributed by atoms with Gasteiger partial charge in [0.2, 0.25) is 5.91 Å².